The number of aromatic amines is 1. The fourth-order valence-electron chi connectivity index (χ4n) is 3.27. The van der Waals surface area contributed by atoms with Gasteiger partial charge in [0.05, 0.1) is 11.9 Å². The van der Waals surface area contributed by atoms with Crippen LogP contribution in [-0.2, 0) is 10.0 Å². The number of anilines is 2. The second-order valence-electron chi connectivity index (χ2n) is 7.17. The lowest BCUT2D eigenvalue weighted by molar-refractivity contribution is 0.102. The van der Waals surface area contributed by atoms with Crippen LogP contribution in [0.1, 0.15) is 10.5 Å². The number of hydrogen-bond donors (Lipinski definition) is 3. The summed E-state index contributed by atoms with van der Waals surface area (Å²) in [5.41, 5.74) is 2.26. The molecule has 0 bridgehead atoms. The largest absolute Gasteiger partial charge is 0.350 e. The fraction of sp³-hybridized carbons (Fsp3) is 0.0455. The Hall–Kier alpha value is -3.24. The normalized spacial score (nSPS) is 11.5. The quantitative estimate of drug-likeness (QED) is 0.325. The summed E-state index contributed by atoms with van der Waals surface area (Å²) in [4.78, 5) is 15.7. The van der Waals surface area contributed by atoms with Crippen molar-refractivity contribution >= 4 is 54.1 Å². The number of amides is 1. The minimum absolute atomic E-state index is 0.194. The summed E-state index contributed by atoms with van der Waals surface area (Å²) >= 11 is 3.34. The Morgan fingerprint density at radius 3 is 2.47 bits per heavy atom. The number of rotatable bonds is 5. The third kappa shape index (κ3) is 4.97. The molecule has 3 N–H and O–H groups in total. The van der Waals surface area contributed by atoms with Crippen LogP contribution in [0.5, 0.6) is 0 Å². The van der Waals surface area contributed by atoms with Crippen LogP contribution in [0, 0.1) is 11.6 Å². The molecule has 0 atom stereocenters. The van der Waals surface area contributed by atoms with Crippen molar-refractivity contribution < 1.29 is 22.0 Å². The highest BCUT2D eigenvalue weighted by Crippen LogP contribution is 2.30. The number of hydrogen-bond acceptors (Lipinski definition) is 3. The van der Waals surface area contributed by atoms with Crippen molar-refractivity contribution in [2.24, 2.45) is 0 Å². The molecule has 32 heavy (non-hydrogen) atoms. The molecule has 1 amide bonds. The number of sulfonamides is 1. The van der Waals surface area contributed by atoms with Gasteiger partial charge < -0.3 is 10.3 Å². The van der Waals surface area contributed by atoms with Gasteiger partial charge in [-0.2, -0.15) is 0 Å². The van der Waals surface area contributed by atoms with Crippen LogP contribution in [0.25, 0.3) is 22.0 Å². The second kappa shape index (κ2) is 8.36. The van der Waals surface area contributed by atoms with Crippen molar-refractivity contribution in [1.82, 2.24) is 4.98 Å². The molecule has 0 spiro atoms. The molecule has 0 saturated carbocycles. The van der Waals surface area contributed by atoms with Crippen molar-refractivity contribution in [2.75, 3.05) is 16.3 Å². The van der Waals surface area contributed by atoms with E-state index in [1.165, 1.54) is 6.07 Å². The zero-order valence-electron chi connectivity index (χ0n) is 16.5. The molecular formula is C22H16BrF2N3O3S. The van der Waals surface area contributed by atoms with Crippen LogP contribution in [0.15, 0.2) is 65.1 Å². The molecule has 4 rings (SSSR count). The van der Waals surface area contributed by atoms with Crippen molar-refractivity contribution in [3.63, 3.8) is 0 Å². The lowest BCUT2D eigenvalue weighted by Gasteiger charge is -2.09. The number of halogens is 3. The monoisotopic (exact) mass is 519 g/mol. The third-order valence-electron chi connectivity index (χ3n) is 4.57. The molecule has 0 aliphatic rings. The van der Waals surface area contributed by atoms with Crippen molar-refractivity contribution in [2.45, 2.75) is 0 Å². The molecule has 4 aromatic rings. The SMILES string of the molecule is CS(=O)(=O)Nc1ccc2cc(C(=O)Nc3cc(Br)cc(-c4ccc(F)cc4F)c3)[nH]c2c1. The minimum atomic E-state index is -3.43. The molecule has 0 radical (unpaired) electrons. The van der Waals surface area contributed by atoms with Crippen molar-refractivity contribution in [1.29, 1.82) is 0 Å². The zero-order valence-corrected chi connectivity index (χ0v) is 18.9. The van der Waals surface area contributed by atoms with Gasteiger partial charge in [-0.15, -0.1) is 0 Å². The van der Waals surface area contributed by atoms with Crippen molar-refractivity contribution in [3.8, 4) is 11.1 Å². The van der Waals surface area contributed by atoms with E-state index < -0.39 is 27.6 Å². The molecule has 1 heterocycles. The van der Waals surface area contributed by atoms with Gasteiger partial charge >= 0.3 is 0 Å². The predicted octanol–water partition coefficient (Wildman–Crippen LogP) is 5.50. The standard InChI is InChI=1S/C22H16BrF2N3O3S/c1-32(30,31)28-16-4-2-12-8-21(27-20(12)11-16)22(29)26-17-7-13(6-14(23)9-17)18-5-3-15(24)10-19(18)25/h2-11,27-28H,1H3,(H,26,29). The first-order chi connectivity index (χ1) is 15.1. The second-order valence-corrected chi connectivity index (χ2v) is 9.83. The van der Waals surface area contributed by atoms with Crippen LogP contribution < -0.4 is 10.0 Å². The molecule has 6 nitrogen and oxygen atoms in total. The maximum absolute atomic E-state index is 14.2. The highest BCUT2D eigenvalue weighted by Gasteiger charge is 2.14. The number of benzene rings is 3. The average Bonchev–Trinajstić information content (AvgIpc) is 3.09. The average molecular weight is 520 g/mol. The van der Waals surface area contributed by atoms with Gasteiger partial charge in [0, 0.05) is 32.7 Å². The van der Waals surface area contributed by atoms with Gasteiger partial charge in [-0.1, -0.05) is 22.0 Å². The Balaban J connectivity index is 1.61. The molecule has 0 aliphatic carbocycles. The van der Waals surface area contributed by atoms with E-state index in [0.717, 1.165) is 23.8 Å². The maximum Gasteiger partial charge on any atom is 0.272 e. The number of H-pyrrole nitrogens is 1. The van der Waals surface area contributed by atoms with Crippen LogP contribution >= 0.6 is 15.9 Å². The first-order valence-electron chi connectivity index (χ1n) is 9.25. The van der Waals surface area contributed by atoms with E-state index in [9.17, 15) is 22.0 Å². The molecule has 0 aliphatic heterocycles. The summed E-state index contributed by atoms with van der Waals surface area (Å²) in [5.74, 6) is -1.83. The summed E-state index contributed by atoms with van der Waals surface area (Å²) < 4.78 is 53.2. The molecule has 0 unspecified atom stereocenters. The van der Waals surface area contributed by atoms with E-state index in [1.807, 2.05) is 0 Å². The summed E-state index contributed by atoms with van der Waals surface area (Å²) in [7, 11) is -3.43. The number of carbonyl (C=O) groups excluding carboxylic acids is 1. The third-order valence-corrected chi connectivity index (χ3v) is 5.63. The summed E-state index contributed by atoms with van der Waals surface area (Å²) in [6.07, 6.45) is 1.05. The number of aromatic nitrogens is 1. The van der Waals surface area contributed by atoms with Crippen LogP contribution in [0.2, 0.25) is 0 Å². The van der Waals surface area contributed by atoms with E-state index in [2.05, 4.69) is 31.0 Å². The Kier molecular flexibility index (Phi) is 5.74. The molecule has 0 saturated heterocycles. The van der Waals surface area contributed by atoms with Gasteiger partial charge in [0.1, 0.15) is 17.3 Å². The van der Waals surface area contributed by atoms with E-state index in [-0.39, 0.29) is 11.3 Å². The van der Waals surface area contributed by atoms with E-state index in [4.69, 9.17) is 0 Å². The molecule has 10 heteroatoms. The van der Waals surface area contributed by atoms with Gasteiger partial charge in [-0.05, 0) is 54.1 Å². The Morgan fingerprint density at radius 1 is 0.969 bits per heavy atom. The predicted molar refractivity (Wildman–Crippen MR) is 124 cm³/mol. The topological polar surface area (TPSA) is 91.1 Å². The highest BCUT2D eigenvalue weighted by molar-refractivity contribution is 9.10. The fourth-order valence-corrected chi connectivity index (χ4v) is 4.31. The van der Waals surface area contributed by atoms with E-state index in [1.54, 1.807) is 42.5 Å². The van der Waals surface area contributed by atoms with Gasteiger partial charge in [-0.3, -0.25) is 9.52 Å². The van der Waals surface area contributed by atoms with E-state index in [0.29, 0.717) is 26.9 Å². The lowest BCUT2D eigenvalue weighted by Crippen LogP contribution is -2.12. The highest BCUT2D eigenvalue weighted by atomic mass is 79.9. The number of fused-ring (bicyclic) bond motifs is 1. The first kappa shape index (κ1) is 22.0. The zero-order chi connectivity index (χ0) is 23.0. The van der Waals surface area contributed by atoms with Crippen LogP contribution in [0.4, 0.5) is 20.2 Å². The molecule has 164 valence electrons. The van der Waals surface area contributed by atoms with Gasteiger partial charge in [-0.25, -0.2) is 17.2 Å². The smallest absolute Gasteiger partial charge is 0.272 e. The number of nitrogens with one attached hydrogen (secondary N) is 3. The lowest BCUT2D eigenvalue weighted by atomic mass is 10.0. The van der Waals surface area contributed by atoms with Crippen LogP contribution in [0.3, 0.4) is 0 Å². The van der Waals surface area contributed by atoms with E-state index >= 15 is 0 Å². The summed E-state index contributed by atoms with van der Waals surface area (Å²) in [6, 6.07) is 14.7. The maximum atomic E-state index is 14.2. The Labute approximate surface area is 190 Å². The van der Waals surface area contributed by atoms with Gasteiger partial charge in [0.15, 0.2) is 0 Å². The molecular weight excluding hydrogens is 504 g/mol. The Bertz CT molecular complexity index is 1470. The van der Waals surface area contributed by atoms with Crippen LogP contribution in [-0.4, -0.2) is 25.6 Å². The van der Waals surface area contributed by atoms with Crippen molar-refractivity contribution in [3.05, 3.63) is 82.5 Å². The number of carbonyl (C=O) groups is 1. The summed E-state index contributed by atoms with van der Waals surface area (Å²) in [6.45, 7) is 0. The first-order valence-corrected chi connectivity index (χ1v) is 11.9. The summed E-state index contributed by atoms with van der Waals surface area (Å²) in [5, 5.41) is 3.47. The molecule has 0 fully saturated rings. The minimum Gasteiger partial charge on any atom is -0.350 e. The van der Waals surface area contributed by atoms with Gasteiger partial charge in [0.25, 0.3) is 5.91 Å². The Morgan fingerprint density at radius 2 is 1.75 bits per heavy atom. The molecule has 1 aromatic heterocycles. The van der Waals surface area contributed by atoms with Gasteiger partial charge in [0.2, 0.25) is 10.0 Å². The molecule has 3 aromatic carbocycles.